The molecule has 0 spiro atoms. The molecule has 2 rings (SSSR count). The van der Waals surface area contributed by atoms with Crippen LogP contribution in [0.3, 0.4) is 0 Å². The topological polar surface area (TPSA) is 53.0 Å². The third-order valence-corrected chi connectivity index (χ3v) is 3.66. The van der Waals surface area contributed by atoms with Gasteiger partial charge in [0, 0.05) is 32.6 Å². The molecular formula is C15H21N3. The van der Waals surface area contributed by atoms with Gasteiger partial charge in [-0.15, -0.1) is 0 Å². The molecule has 0 bridgehead atoms. The standard InChI is InChI=1S/C15H21N3/c16-9-8-15(6-7-15)13-18(11-10-17)12-14-4-2-1-3-5-14/h1-5H,6-8,10-13,17H2. The van der Waals surface area contributed by atoms with Gasteiger partial charge in [0.25, 0.3) is 0 Å². The van der Waals surface area contributed by atoms with Crippen LogP contribution in [0.2, 0.25) is 0 Å². The van der Waals surface area contributed by atoms with E-state index in [1.807, 2.05) is 6.07 Å². The number of benzene rings is 1. The Kier molecular flexibility index (Phi) is 4.35. The van der Waals surface area contributed by atoms with Crippen LogP contribution >= 0.6 is 0 Å². The summed E-state index contributed by atoms with van der Waals surface area (Å²) in [5.74, 6) is 0. The average Bonchev–Trinajstić information content (AvgIpc) is 3.11. The molecule has 0 saturated heterocycles. The zero-order valence-corrected chi connectivity index (χ0v) is 10.8. The molecule has 3 heteroatoms. The number of nitriles is 1. The van der Waals surface area contributed by atoms with Crippen LogP contribution < -0.4 is 5.73 Å². The van der Waals surface area contributed by atoms with E-state index < -0.39 is 0 Å². The van der Waals surface area contributed by atoms with Crippen molar-refractivity contribution in [2.45, 2.75) is 25.8 Å². The summed E-state index contributed by atoms with van der Waals surface area (Å²) in [5, 5.41) is 8.88. The molecule has 0 atom stereocenters. The van der Waals surface area contributed by atoms with E-state index in [9.17, 15) is 0 Å². The molecule has 96 valence electrons. The average molecular weight is 243 g/mol. The van der Waals surface area contributed by atoms with E-state index in [0.29, 0.717) is 13.0 Å². The predicted molar refractivity (Wildman–Crippen MR) is 72.7 cm³/mol. The van der Waals surface area contributed by atoms with Gasteiger partial charge in [0.05, 0.1) is 6.07 Å². The SMILES string of the molecule is N#CCC1(CN(CCN)Cc2ccccc2)CC1. The molecule has 1 aliphatic rings. The Labute approximate surface area is 109 Å². The van der Waals surface area contributed by atoms with Crippen LogP contribution in [0, 0.1) is 16.7 Å². The van der Waals surface area contributed by atoms with Gasteiger partial charge >= 0.3 is 0 Å². The van der Waals surface area contributed by atoms with Crippen molar-refractivity contribution in [2.75, 3.05) is 19.6 Å². The summed E-state index contributed by atoms with van der Waals surface area (Å²) >= 11 is 0. The van der Waals surface area contributed by atoms with Crippen molar-refractivity contribution < 1.29 is 0 Å². The second-order valence-electron chi connectivity index (χ2n) is 5.32. The second kappa shape index (κ2) is 5.99. The predicted octanol–water partition coefficient (Wildman–Crippen LogP) is 2.14. The van der Waals surface area contributed by atoms with Crippen molar-refractivity contribution >= 4 is 0 Å². The summed E-state index contributed by atoms with van der Waals surface area (Å²) in [6.07, 6.45) is 3.07. The molecule has 1 aliphatic carbocycles. The highest BCUT2D eigenvalue weighted by Gasteiger charge is 2.43. The van der Waals surface area contributed by atoms with Gasteiger partial charge in [-0.3, -0.25) is 4.90 Å². The fourth-order valence-electron chi connectivity index (χ4n) is 2.45. The van der Waals surface area contributed by atoms with Gasteiger partial charge in [-0.25, -0.2) is 0 Å². The third-order valence-electron chi connectivity index (χ3n) is 3.66. The molecule has 0 aromatic heterocycles. The molecule has 0 heterocycles. The van der Waals surface area contributed by atoms with Crippen molar-refractivity contribution in [3.05, 3.63) is 35.9 Å². The van der Waals surface area contributed by atoms with Crippen LogP contribution in [-0.2, 0) is 6.54 Å². The number of nitrogens with two attached hydrogens (primary N) is 1. The van der Waals surface area contributed by atoms with Gasteiger partial charge in [0.15, 0.2) is 0 Å². The largest absolute Gasteiger partial charge is 0.329 e. The first-order valence-electron chi connectivity index (χ1n) is 6.61. The van der Waals surface area contributed by atoms with E-state index in [1.54, 1.807) is 0 Å². The summed E-state index contributed by atoms with van der Waals surface area (Å²) in [6.45, 7) is 3.52. The highest BCUT2D eigenvalue weighted by atomic mass is 15.1. The van der Waals surface area contributed by atoms with Gasteiger partial charge in [-0.2, -0.15) is 5.26 Å². The van der Waals surface area contributed by atoms with Crippen molar-refractivity contribution in [1.29, 1.82) is 5.26 Å². The quantitative estimate of drug-likeness (QED) is 0.798. The van der Waals surface area contributed by atoms with Gasteiger partial charge in [-0.1, -0.05) is 30.3 Å². The zero-order chi connectivity index (χ0) is 12.8. The number of hydrogen-bond acceptors (Lipinski definition) is 3. The van der Waals surface area contributed by atoms with Gasteiger partial charge in [0.1, 0.15) is 0 Å². The Balaban J connectivity index is 1.94. The summed E-state index contributed by atoms with van der Waals surface area (Å²) in [6, 6.07) is 12.8. The molecule has 3 nitrogen and oxygen atoms in total. The fraction of sp³-hybridized carbons (Fsp3) is 0.533. The molecule has 0 amide bonds. The van der Waals surface area contributed by atoms with Crippen LogP contribution in [0.4, 0.5) is 0 Å². The van der Waals surface area contributed by atoms with Gasteiger partial charge in [-0.05, 0) is 23.8 Å². The maximum atomic E-state index is 8.88. The molecule has 1 aromatic carbocycles. The van der Waals surface area contributed by atoms with E-state index in [1.165, 1.54) is 18.4 Å². The maximum Gasteiger partial charge on any atom is 0.0628 e. The van der Waals surface area contributed by atoms with Crippen LogP contribution in [0.5, 0.6) is 0 Å². The molecule has 2 N–H and O–H groups in total. The van der Waals surface area contributed by atoms with E-state index in [4.69, 9.17) is 11.0 Å². The van der Waals surface area contributed by atoms with Crippen LogP contribution in [-0.4, -0.2) is 24.5 Å². The van der Waals surface area contributed by atoms with Crippen LogP contribution in [0.15, 0.2) is 30.3 Å². The number of nitrogens with zero attached hydrogens (tertiary/aromatic N) is 2. The highest BCUT2D eigenvalue weighted by Crippen LogP contribution is 2.49. The lowest BCUT2D eigenvalue weighted by Crippen LogP contribution is -2.34. The molecule has 1 aromatic rings. The van der Waals surface area contributed by atoms with E-state index in [-0.39, 0.29) is 5.41 Å². The summed E-state index contributed by atoms with van der Waals surface area (Å²) < 4.78 is 0. The smallest absolute Gasteiger partial charge is 0.0628 e. The lowest BCUT2D eigenvalue weighted by Gasteiger charge is -2.26. The van der Waals surface area contributed by atoms with E-state index in [0.717, 1.165) is 19.6 Å². The minimum atomic E-state index is 0.263. The fourth-order valence-corrected chi connectivity index (χ4v) is 2.45. The maximum absolute atomic E-state index is 8.88. The minimum absolute atomic E-state index is 0.263. The van der Waals surface area contributed by atoms with Crippen LogP contribution in [0.25, 0.3) is 0 Å². The molecule has 1 saturated carbocycles. The molecule has 18 heavy (non-hydrogen) atoms. The Bertz CT molecular complexity index is 403. The summed E-state index contributed by atoms with van der Waals surface area (Å²) in [5.41, 5.74) is 7.27. The molecular weight excluding hydrogens is 222 g/mol. The Morgan fingerprint density at radius 1 is 1.28 bits per heavy atom. The normalized spacial score (nSPS) is 16.5. The van der Waals surface area contributed by atoms with Crippen molar-refractivity contribution in [1.82, 2.24) is 4.90 Å². The Morgan fingerprint density at radius 2 is 2.00 bits per heavy atom. The molecule has 0 unspecified atom stereocenters. The Morgan fingerprint density at radius 3 is 2.56 bits per heavy atom. The monoisotopic (exact) mass is 243 g/mol. The van der Waals surface area contributed by atoms with E-state index >= 15 is 0 Å². The first kappa shape index (κ1) is 13.1. The lowest BCUT2D eigenvalue weighted by atomic mass is 10.0. The number of rotatable bonds is 7. The Hall–Kier alpha value is -1.37. The second-order valence-corrected chi connectivity index (χ2v) is 5.32. The van der Waals surface area contributed by atoms with Crippen LogP contribution in [0.1, 0.15) is 24.8 Å². The number of hydrogen-bond donors (Lipinski definition) is 1. The summed E-state index contributed by atoms with van der Waals surface area (Å²) in [7, 11) is 0. The molecule has 0 radical (unpaired) electrons. The molecule has 1 fully saturated rings. The highest BCUT2D eigenvalue weighted by molar-refractivity contribution is 5.14. The first-order valence-corrected chi connectivity index (χ1v) is 6.61. The first-order chi connectivity index (χ1) is 8.78. The van der Waals surface area contributed by atoms with Gasteiger partial charge in [0.2, 0.25) is 0 Å². The van der Waals surface area contributed by atoms with E-state index in [2.05, 4.69) is 35.2 Å². The van der Waals surface area contributed by atoms with Crippen molar-refractivity contribution in [3.63, 3.8) is 0 Å². The van der Waals surface area contributed by atoms with Gasteiger partial charge < -0.3 is 5.73 Å². The molecule has 0 aliphatic heterocycles. The zero-order valence-electron chi connectivity index (χ0n) is 10.8. The summed E-state index contributed by atoms with van der Waals surface area (Å²) in [4.78, 5) is 2.39. The third kappa shape index (κ3) is 3.56. The minimum Gasteiger partial charge on any atom is -0.329 e. The van der Waals surface area contributed by atoms with Crippen molar-refractivity contribution in [3.8, 4) is 6.07 Å². The lowest BCUT2D eigenvalue weighted by molar-refractivity contribution is 0.218. The van der Waals surface area contributed by atoms with Crippen molar-refractivity contribution in [2.24, 2.45) is 11.1 Å².